The molecule has 2 aromatic carbocycles. The van der Waals surface area contributed by atoms with Crippen molar-refractivity contribution in [1.29, 1.82) is 0 Å². The lowest BCUT2D eigenvalue weighted by molar-refractivity contribution is -0.117. The van der Waals surface area contributed by atoms with Gasteiger partial charge in [-0.05, 0) is 29.3 Å². The highest BCUT2D eigenvalue weighted by Gasteiger charge is 2.27. The van der Waals surface area contributed by atoms with Crippen LogP contribution in [-0.2, 0) is 17.8 Å². The summed E-state index contributed by atoms with van der Waals surface area (Å²) < 4.78 is 13.2. The zero-order valence-electron chi connectivity index (χ0n) is 13.5. The van der Waals surface area contributed by atoms with Crippen LogP contribution in [0.3, 0.4) is 0 Å². The van der Waals surface area contributed by atoms with Crippen molar-refractivity contribution in [3.63, 3.8) is 0 Å². The maximum absolute atomic E-state index is 13.2. The smallest absolute Gasteiger partial charge is 0.231 e. The van der Waals surface area contributed by atoms with Gasteiger partial charge in [0.1, 0.15) is 12.4 Å². The normalized spacial score (nSPS) is 12.2. The lowest BCUT2D eigenvalue weighted by Crippen LogP contribution is -2.26. The van der Waals surface area contributed by atoms with Crippen LogP contribution in [0.15, 0.2) is 42.5 Å². The van der Waals surface area contributed by atoms with Crippen molar-refractivity contribution in [3.8, 4) is 0 Å². The molecule has 1 amide bonds. The number of hydrogen-bond acceptors (Lipinski definition) is 3. The molecule has 25 heavy (non-hydrogen) atoms. The van der Waals surface area contributed by atoms with Crippen molar-refractivity contribution in [3.05, 3.63) is 65.0 Å². The number of fused-ring (bicyclic) bond motifs is 1. The molecule has 0 spiro atoms. The van der Waals surface area contributed by atoms with Crippen LogP contribution in [0.5, 0.6) is 0 Å². The number of nitrogens with zero attached hydrogens (tertiary/aromatic N) is 1. The van der Waals surface area contributed by atoms with E-state index in [2.05, 4.69) is 15.5 Å². The van der Waals surface area contributed by atoms with Crippen molar-refractivity contribution in [1.82, 2.24) is 0 Å². The Labute approximate surface area is 149 Å². The van der Waals surface area contributed by atoms with Crippen LogP contribution in [0.2, 0.25) is 0 Å². The van der Waals surface area contributed by atoms with E-state index in [0.29, 0.717) is 17.7 Å². The van der Waals surface area contributed by atoms with E-state index in [4.69, 9.17) is 5.11 Å². The minimum Gasteiger partial charge on any atom is -0.388 e. The van der Waals surface area contributed by atoms with Crippen LogP contribution < -0.4 is 4.90 Å². The molecule has 1 heterocycles. The Balaban J connectivity index is 0.000000701. The van der Waals surface area contributed by atoms with E-state index < -0.39 is 6.61 Å². The van der Waals surface area contributed by atoms with Crippen LogP contribution >= 0.6 is 0 Å². The number of rotatable bonds is 4. The van der Waals surface area contributed by atoms with Crippen LogP contribution in [0.1, 0.15) is 21.5 Å². The van der Waals surface area contributed by atoms with Crippen LogP contribution in [0, 0.1) is 5.82 Å². The van der Waals surface area contributed by atoms with Gasteiger partial charge in [0.25, 0.3) is 0 Å². The lowest BCUT2D eigenvalue weighted by Gasteiger charge is -2.17. The molecule has 0 saturated heterocycles. The third kappa shape index (κ3) is 4.60. The predicted molar refractivity (Wildman–Crippen MR) is 96.4 cm³/mol. The summed E-state index contributed by atoms with van der Waals surface area (Å²) in [5.41, 5.74) is 2.71. The summed E-state index contributed by atoms with van der Waals surface area (Å²) in [5.74, 6) is -0.763. The molecule has 1 aliphatic heterocycles. The molecule has 0 unspecified atom stereocenters. The molecule has 0 fully saturated rings. The average molecular weight is 332 g/mol. The molecule has 2 aromatic rings. The summed E-state index contributed by atoms with van der Waals surface area (Å²) in [6.45, 7) is -0.159. The van der Waals surface area contributed by atoms with Crippen LogP contribution in [-0.4, -0.2) is 45.9 Å². The number of anilines is 1. The van der Waals surface area contributed by atoms with Crippen LogP contribution in [0.4, 0.5) is 10.1 Å². The lowest BCUT2D eigenvalue weighted by atomic mass is 9.40. The molecule has 1 N–H and O–H groups in total. The minimum absolute atomic E-state index is 0.0730. The molecule has 0 saturated carbocycles. The first kappa shape index (κ1) is 19.0. The van der Waals surface area contributed by atoms with Gasteiger partial charge in [-0.15, -0.1) is 0 Å². The number of hydrogen-bond donors (Lipinski definition) is 1. The van der Waals surface area contributed by atoms with E-state index >= 15 is 0 Å². The summed E-state index contributed by atoms with van der Waals surface area (Å²) in [5, 5.41) is 8.82. The second-order valence-corrected chi connectivity index (χ2v) is 5.40. The molecule has 8 heteroatoms. The fraction of sp³-hybridized carbons (Fsp3) is 0.176. The maximum Gasteiger partial charge on any atom is 0.231 e. The number of benzene rings is 2. The van der Waals surface area contributed by atoms with Crippen LogP contribution in [0.25, 0.3) is 0 Å². The van der Waals surface area contributed by atoms with Gasteiger partial charge in [-0.1, -0.05) is 24.3 Å². The molecule has 1 aliphatic rings. The monoisotopic (exact) mass is 332 g/mol. The van der Waals surface area contributed by atoms with E-state index in [9.17, 15) is 14.0 Å². The zero-order chi connectivity index (χ0) is 18.4. The van der Waals surface area contributed by atoms with E-state index in [1.807, 2.05) is 0 Å². The van der Waals surface area contributed by atoms with E-state index in [1.54, 1.807) is 35.2 Å². The molecule has 0 aliphatic carbocycles. The van der Waals surface area contributed by atoms with Crippen molar-refractivity contribution in [2.75, 3.05) is 11.5 Å². The summed E-state index contributed by atoms with van der Waals surface area (Å²) >= 11 is 0. The van der Waals surface area contributed by atoms with E-state index in [0.717, 1.165) is 18.3 Å². The Morgan fingerprint density at radius 2 is 1.84 bits per heavy atom. The number of carbonyl (C=O) groups excluding carboxylic acids is 2. The molecule has 121 valence electrons. The highest BCUT2D eigenvalue weighted by atomic mass is 19.1. The predicted octanol–water partition coefficient (Wildman–Crippen LogP) is 0.948. The molecular formula is C17H14B3FNO3. The number of carbonyl (C=O) groups is 2. The third-order valence-electron chi connectivity index (χ3n) is 3.74. The quantitative estimate of drug-likeness (QED) is 0.670. The number of amides is 1. The van der Waals surface area contributed by atoms with Gasteiger partial charge in [-0.25, -0.2) is 4.39 Å². The highest BCUT2D eigenvalue weighted by molar-refractivity contribution is 7.17. The van der Waals surface area contributed by atoms with Gasteiger partial charge in [-0.3, -0.25) is 9.59 Å². The summed E-state index contributed by atoms with van der Waals surface area (Å²) in [6, 6.07) is 11.1. The van der Waals surface area contributed by atoms with Crippen molar-refractivity contribution < 1.29 is 19.1 Å². The molecule has 0 aromatic heterocycles. The van der Waals surface area contributed by atoms with Gasteiger partial charge in [-0.2, -0.15) is 0 Å². The fourth-order valence-electron chi connectivity index (χ4n) is 2.59. The zero-order valence-corrected chi connectivity index (χ0v) is 13.5. The average Bonchev–Trinajstić information content (AvgIpc) is 2.90. The summed E-state index contributed by atoms with van der Waals surface area (Å²) in [4.78, 5) is 25.1. The Hall–Kier alpha value is -2.34. The van der Waals surface area contributed by atoms with Gasteiger partial charge in [0, 0.05) is 33.8 Å². The Morgan fingerprint density at radius 1 is 1.20 bits per heavy atom. The number of halogens is 1. The molecule has 0 bridgehead atoms. The number of ketones is 1. The topological polar surface area (TPSA) is 57.6 Å². The standard InChI is InChI=1S/C17H14FNO3.B3/c18-14-5-6-15-13(7-14)8-17(22)19(15)9-11-1-3-12(4-2-11)16(21)10-20;1-3-2/h1-7,20H,8-10H2;. The first-order valence-corrected chi connectivity index (χ1v) is 7.57. The van der Waals surface area contributed by atoms with Crippen molar-refractivity contribution in [2.24, 2.45) is 0 Å². The molecular weight excluding hydrogens is 318 g/mol. The summed E-state index contributed by atoms with van der Waals surface area (Å²) in [6.07, 6.45) is 0.203. The maximum atomic E-state index is 13.2. The Morgan fingerprint density at radius 3 is 2.44 bits per heavy atom. The number of Topliss-reactive ketones (excluding diaryl/α,β-unsaturated/α-hetero) is 1. The van der Waals surface area contributed by atoms with Gasteiger partial charge in [0.15, 0.2) is 5.78 Å². The largest absolute Gasteiger partial charge is 0.388 e. The molecule has 5 radical (unpaired) electrons. The van der Waals surface area contributed by atoms with E-state index in [1.165, 1.54) is 12.1 Å². The Kier molecular flexibility index (Phi) is 6.59. The van der Waals surface area contributed by atoms with Gasteiger partial charge < -0.3 is 10.0 Å². The molecule has 3 rings (SSSR count). The highest BCUT2D eigenvalue weighted by Crippen LogP contribution is 2.30. The molecule has 4 nitrogen and oxygen atoms in total. The SMILES string of the molecule is O=C(CO)c1ccc(CN2C(=O)Cc3cc(F)ccc32)cc1.[B][B][B]. The minimum atomic E-state index is -0.525. The fourth-order valence-corrected chi connectivity index (χ4v) is 2.59. The summed E-state index contributed by atoms with van der Waals surface area (Å²) in [7, 11) is 10.0. The van der Waals surface area contributed by atoms with Gasteiger partial charge >= 0.3 is 0 Å². The van der Waals surface area contributed by atoms with Gasteiger partial charge in [0.05, 0.1) is 13.0 Å². The third-order valence-corrected chi connectivity index (χ3v) is 3.74. The first-order valence-electron chi connectivity index (χ1n) is 7.57. The number of aliphatic hydroxyl groups excluding tert-OH is 1. The van der Waals surface area contributed by atoms with Crippen molar-refractivity contribution >= 4 is 39.9 Å². The van der Waals surface area contributed by atoms with Crippen molar-refractivity contribution in [2.45, 2.75) is 13.0 Å². The first-order chi connectivity index (χ1) is 12.0. The van der Waals surface area contributed by atoms with E-state index in [-0.39, 0.29) is 23.9 Å². The molecule has 0 atom stereocenters. The Bertz CT molecular complexity index is 768. The number of aliphatic hydroxyl groups is 1. The van der Waals surface area contributed by atoms with Gasteiger partial charge in [0.2, 0.25) is 5.91 Å². The second-order valence-electron chi connectivity index (χ2n) is 5.40. The second kappa shape index (κ2) is 8.67.